The lowest BCUT2D eigenvalue weighted by Crippen LogP contribution is -2.46. The number of halogens is 3. The van der Waals surface area contributed by atoms with Crippen LogP contribution in [-0.4, -0.2) is 85.1 Å². The van der Waals surface area contributed by atoms with Crippen LogP contribution in [0.15, 0.2) is 35.4 Å². The van der Waals surface area contributed by atoms with E-state index >= 15 is 0 Å². The summed E-state index contributed by atoms with van der Waals surface area (Å²) in [6.07, 6.45) is -0.454. The quantitative estimate of drug-likeness (QED) is 0.384. The second kappa shape index (κ2) is 11.4. The molecule has 0 spiro atoms. The topological polar surface area (TPSA) is 92.2 Å². The number of carbonyl (C=O) groups excluding carboxylic acids is 1. The molecule has 3 N–H and O–H groups in total. The zero-order chi connectivity index (χ0) is 28.4. The van der Waals surface area contributed by atoms with Gasteiger partial charge < -0.3 is 30.3 Å². The third-order valence-electron chi connectivity index (χ3n) is 6.67. The summed E-state index contributed by atoms with van der Waals surface area (Å²) >= 11 is 0.389. The third-order valence-corrected chi connectivity index (χ3v) is 7.68. The molecule has 13 heteroatoms. The number of amides is 1. The van der Waals surface area contributed by atoms with E-state index in [1.165, 1.54) is 14.2 Å². The van der Waals surface area contributed by atoms with E-state index in [1.807, 2.05) is 11.9 Å². The van der Waals surface area contributed by atoms with Crippen LogP contribution in [0.3, 0.4) is 0 Å². The van der Waals surface area contributed by atoms with Gasteiger partial charge >= 0.3 is 5.25 Å². The molecule has 2 atom stereocenters. The first-order chi connectivity index (χ1) is 19.2. The highest BCUT2D eigenvalue weighted by molar-refractivity contribution is 8.00. The zero-order valence-corrected chi connectivity index (χ0v) is 23.0. The van der Waals surface area contributed by atoms with Crippen molar-refractivity contribution >= 4 is 34.6 Å². The normalized spacial score (nSPS) is 20.1. The molecule has 40 heavy (non-hydrogen) atoms. The number of aromatic nitrogens is 2. The number of hydrogen-bond donors (Lipinski definition) is 3. The van der Waals surface area contributed by atoms with Crippen LogP contribution in [0, 0.1) is 11.8 Å². The Bertz CT molecular complexity index is 1490. The van der Waals surface area contributed by atoms with E-state index in [9.17, 15) is 18.0 Å². The van der Waals surface area contributed by atoms with Crippen molar-refractivity contribution in [1.82, 2.24) is 19.6 Å². The number of rotatable bonds is 6. The summed E-state index contributed by atoms with van der Waals surface area (Å²) in [6.45, 7) is 0.443. The van der Waals surface area contributed by atoms with Crippen LogP contribution in [-0.2, 0) is 0 Å². The average molecular weight is 575 g/mol. The fourth-order valence-corrected chi connectivity index (χ4v) is 5.56. The van der Waals surface area contributed by atoms with Gasteiger partial charge in [0.25, 0.3) is 5.91 Å². The van der Waals surface area contributed by atoms with Gasteiger partial charge in [-0.15, -0.1) is 0 Å². The lowest BCUT2D eigenvalue weighted by atomic mass is 10.0. The Kier molecular flexibility index (Phi) is 7.91. The van der Waals surface area contributed by atoms with E-state index in [0.717, 1.165) is 6.54 Å². The molecule has 0 aliphatic carbocycles. The summed E-state index contributed by atoms with van der Waals surface area (Å²) in [6, 6.07) is 7.86. The number of anilines is 2. The molecule has 3 aromatic rings. The highest BCUT2D eigenvalue weighted by Gasteiger charge is 2.38. The average Bonchev–Trinajstić information content (AvgIpc) is 3.21. The molecule has 1 amide bonds. The lowest BCUT2D eigenvalue weighted by molar-refractivity contribution is 0.0473. The van der Waals surface area contributed by atoms with Crippen molar-refractivity contribution in [1.29, 1.82) is 0 Å². The predicted molar refractivity (Wildman–Crippen MR) is 148 cm³/mol. The maximum absolute atomic E-state index is 14.8. The van der Waals surface area contributed by atoms with Crippen molar-refractivity contribution in [2.45, 2.75) is 28.9 Å². The van der Waals surface area contributed by atoms with E-state index < -0.39 is 24.1 Å². The Morgan fingerprint density at radius 2 is 2.10 bits per heavy atom. The number of pyridine rings is 2. The molecule has 0 unspecified atom stereocenters. The molecule has 212 valence electrons. The zero-order valence-electron chi connectivity index (χ0n) is 22.2. The van der Waals surface area contributed by atoms with Crippen LogP contribution in [0.2, 0.25) is 0 Å². The monoisotopic (exact) mass is 574 g/mol. The molecule has 0 radical (unpaired) electrons. The first-order valence-corrected chi connectivity index (χ1v) is 13.5. The summed E-state index contributed by atoms with van der Waals surface area (Å²) in [5, 5.41) is 5.95. The van der Waals surface area contributed by atoms with Crippen molar-refractivity contribution in [2.75, 3.05) is 58.1 Å². The number of nitrogens with zero attached hydrogens (tertiary/aromatic N) is 3. The molecule has 2 aliphatic heterocycles. The van der Waals surface area contributed by atoms with Gasteiger partial charge in [0.1, 0.15) is 16.9 Å². The number of likely N-dealkylation sites (tertiary alicyclic amines) is 1. The van der Waals surface area contributed by atoms with Gasteiger partial charge in [-0.2, -0.15) is 8.78 Å². The number of ether oxygens (including phenoxy) is 2. The lowest BCUT2D eigenvalue weighted by Gasteiger charge is -2.33. The molecule has 0 saturated carbocycles. The number of nitrogens with one attached hydrogen (secondary N) is 3. The van der Waals surface area contributed by atoms with Crippen molar-refractivity contribution in [3.8, 4) is 23.6 Å². The van der Waals surface area contributed by atoms with Crippen molar-refractivity contribution < 1.29 is 27.4 Å². The second-order valence-electron chi connectivity index (χ2n) is 9.50. The minimum Gasteiger partial charge on any atom is -0.480 e. The summed E-state index contributed by atoms with van der Waals surface area (Å²) < 4.78 is 56.4. The van der Waals surface area contributed by atoms with Crippen LogP contribution in [0.4, 0.5) is 24.5 Å². The fraction of sp³-hybridized carbons (Fsp3) is 0.407. The maximum Gasteiger partial charge on any atom is 0.332 e. The van der Waals surface area contributed by atoms with E-state index in [2.05, 4.69) is 32.8 Å². The van der Waals surface area contributed by atoms with Gasteiger partial charge in [0, 0.05) is 26.2 Å². The highest BCUT2D eigenvalue weighted by Crippen LogP contribution is 2.44. The van der Waals surface area contributed by atoms with Crippen LogP contribution in [0.5, 0.6) is 11.8 Å². The molecule has 3 aromatic heterocycles. The standard InChI is InChI=1S/C27H29F3N6O3S/c1-31-24(37)20-6-7-21(25(34-20)38-3)32-11-4-5-16-13-22-19(33-18-10-12-35(2)14-17(18)28)8-9-23-36(22)26(16)40-27(29,30)15-39-23/h6-9,13,17-18,32-33H,10-12,14-15H2,1-3H3,(H,31,37)/t17-,18+/m0/s1. The summed E-state index contributed by atoms with van der Waals surface area (Å²) in [7, 11) is 4.83. The molecule has 1 fully saturated rings. The molecule has 0 aromatic carbocycles. The van der Waals surface area contributed by atoms with Gasteiger partial charge in [-0.1, -0.05) is 11.8 Å². The van der Waals surface area contributed by atoms with E-state index in [1.54, 1.807) is 34.7 Å². The van der Waals surface area contributed by atoms with Gasteiger partial charge in [-0.05, 0) is 49.5 Å². The van der Waals surface area contributed by atoms with E-state index in [0.29, 0.717) is 47.2 Å². The van der Waals surface area contributed by atoms with Crippen LogP contribution < -0.4 is 25.4 Å². The first-order valence-electron chi connectivity index (χ1n) is 12.7. The number of carbonyl (C=O) groups is 1. The largest absolute Gasteiger partial charge is 0.480 e. The number of piperidine rings is 1. The Hall–Kier alpha value is -3.76. The van der Waals surface area contributed by atoms with E-state index in [4.69, 9.17) is 9.47 Å². The molecular weight excluding hydrogens is 545 g/mol. The summed E-state index contributed by atoms with van der Waals surface area (Å²) in [5.41, 5.74) is 2.32. The number of methoxy groups -OCH3 is 1. The Morgan fingerprint density at radius 1 is 1.30 bits per heavy atom. The van der Waals surface area contributed by atoms with Crippen molar-refractivity contribution in [3.05, 3.63) is 41.6 Å². The molecule has 5 heterocycles. The van der Waals surface area contributed by atoms with Crippen molar-refractivity contribution in [3.63, 3.8) is 0 Å². The van der Waals surface area contributed by atoms with Gasteiger partial charge in [-0.3, -0.25) is 9.20 Å². The summed E-state index contributed by atoms with van der Waals surface area (Å²) in [4.78, 5) is 18.0. The van der Waals surface area contributed by atoms with Crippen LogP contribution in [0.1, 0.15) is 22.5 Å². The minimum atomic E-state index is -3.17. The Morgan fingerprint density at radius 3 is 2.85 bits per heavy atom. The molecular formula is C27H29F3N6O3S. The Balaban J connectivity index is 1.43. The maximum atomic E-state index is 14.8. The molecule has 1 saturated heterocycles. The smallest absolute Gasteiger partial charge is 0.332 e. The molecule has 5 rings (SSSR count). The second-order valence-corrected chi connectivity index (χ2v) is 10.7. The SMILES string of the molecule is CNC(=O)c1ccc(NCC#Cc2cc3c(N[C@@H]4CCN(C)C[C@@H]4F)ccc4n3c2SC(F)(F)CO4)c(OC)n1. The van der Waals surface area contributed by atoms with Crippen LogP contribution in [0.25, 0.3) is 5.52 Å². The van der Waals surface area contributed by atoms with Gasteiger partial charge in [0.2, 0.25) is 5.88 Å². The van der Waals surface area contributed by atoms with Gasteiger partial charge in [0.05, 0.1) is 42.2 Å². The fourth-order valence-electron chi connectivity index (χ4n) is 4.66. The van der Waals surface area contributed by atoms with Crippen LogP contribution >= 0.6 is 11.8 Å². The predicted octanol–water partition coefficient (Wildman–Crippen LogP) is 3.70. The number of alkyl halides is 3. The first kappa shape index (κ1) is 27.8. The number of hydrogen-bond acceptors (Lipinski definition) is 8. The third kappa shape index (κ3) is 5.73. The number of thioether (sulfide) groups is 1. The van der Waals surface area contributed by atoms with E-state index in [-0.39, 0.29) is 34.9 Å². The minimum absolute atomic E-state index is 0.150. The summed E-state index contributed by atoms with van der Waals surface area (Å²) in [5.74, 6) is 6.10. The van der Waals surface area contributed by atoms with Gasteiger partial charge in [-0.25, -0.2) is 9.37 Å². The Labute approximate surface area is 233 Å². The molecule has 0 bridgehead atoms. The highest BCUT2D eigenvalue weighted by atomic mass is 32.2. The molecule has 9 nitrogen and oxygen atoms in total. The van der Waals surface area contributed by atoms with Crippen molar-refractivity contribution in [2.24, 2.45) is 0 Å². The molecule has 2 aliphatic rings. The van der Waals surface area contributed by atoms with Gasteiger partial charge in [0.15, 0.2) is 12.5 Å².